The number of hydrazine groups is 1. The number of aromatic nitrogens is 2. The summed E-state index contributed by atoms with van der Waals surface area (Å²) < 4.78 is 16.8. The lowest BCUT2D eigenvalue weighted by Crippen LogP contribution is -2.28. The van der Waals surface area contributed by atoms with E-state index < -0.39 is 11.3 Å². The van der Waals surface area contributed by atoms with Crippen LogP contribution in [0.3, 0.4) is 0 Å². The fourth-order valence-corrected chi connectivity index (χ4v) is 1.75. The molecule has 0 bridgehead atoms. The number of nitrogens with zero attached hydrogens (tertiary/aromatic N) is 2. The molecule has 0 fully saturated rings. The molecule has 0 saturated heterocycles. The first kappa shape index (κ1) is 13.4. The van der Waals surface area contributed by atoms with Gasteiger partial charge >= 0.3 is 11.3 Å². The molecule has 0 aliphatic rings. The number of hydrogen-bond acceptors (Lipinski definition) is 5. The van der Waals surface area contributed by atoms with Crippen LogP contribution in [-0.2, 0) is 11.3 Å². The van der Waals surface area contributed by atoms with Gasteiger partial charge in [0.15, 0.2) is 0 Å². The molecule has 1 aromatic carbocycles. The minimum atomic E-state index is -1.72. The van der Waals surface area contributed by atoms with Crippen LogP contribution in [0.1, 0.15) is 11.1 Å². The smallest absolute Gasteiger partial charge is 0.306 e. The molecule has 6 nitrogen and oxygen atoms in total. The van der Waals surface area contributed by atoms with E-state index >= 15 is 0 Å². The first-order chi connectivity index (χ1) is 9.13. The van der Waals surface area contributed by atoms with Crippen LogP contribution in [0.15, 0.2) is 36.7 Å². The molecule has 2 N–H and O–H groups in total. The van der Waals surface area contributed by atoms with Crippen LogP contribution in [0.2, 0.25) is 0 Å². The zero-order valence-electron chi connectivity index (χ0n) is 10.6. The van der Waals surface area contributed by atoms with Crippen LogP contribution in [0.25, 0.3) is 0 Å². The van der Waals surface area contributed by atoms with Crippen molar-refractivity contribution in [3.8, 4) is 5.75 Å². The van der Waals surface area contributed by atoms with E-state index in [0.29, 0.717) is 11.7 Å². The summed E-state index contributed by atoms with van der Waals surface area (Å²) in [6.45, 7) is 3.85. The van der Waals surface area contributed by atoms with Gasteiger partial charge in [-0.05, 0) is 31.5 Å². The van der Waals surface area contributed by atoms with Crippen molar-refractivity contribution in [2.75, 3.05) is 5.43 Å². The van der Waals surface area contributed by atoms with E-state index in [1.54, 1.807) is 24.5 Å². The highest BCUT2D eigenvalue weighted by Crippen LogP contribution is 2.11. The van der Waals surface area contributed by atoms with E-state index in [4.69, 9.17) is 4.18 Å². The molecule has 2 rings (SSSR count). The van der Waals surface area contributed by atoms with Crippen LogP contribution >= 0.6 is 0 Å². The number of anilines is 1. The van der Waals surface area contributed by atoms with E-state index in [1.807, 2.05) is 26.0 Å². The van der Waals surface area contributed by atoms with Crippen molar-refractivity contribution < 1.29 is 8.39 Å². The Hall–Kier alpha value is -1.99. The molecule has 100 valence electrons. The van der Waals surface area contributed by atoms with Crippen LogP contribution in [0, 0.1) is 13.8 Å². The van der Waals surface area contributed by atoms with Gasteiger partial charge in [0.25, 0.3) is 0 Å². The zero-order chi connectivity index (χ0) is 13.7. The number of benzene rings is 1. The summed E-state index contributed by atoms with van der Waals surface area (Å²) in [7, 11) is 0. The Morgan fingerprint density at radius 1 is 1.05 bits per heavy atom. The third-order valence-electron chi connectivity index (χ3n) is 2.22. The predicted molar refractivity (Wildman–Crippen MR) is 73.5 cm³/mol. The summed E-state index contributed by atoms with van der Waals surface area (Å²) in [6, 6.07) is 7.25. The van der Waals surface area contributed by atoms with Crippen molar-refractivity contribution in [2.24, 2.45) is 0 Å². The lowest BCUT2D eigenvalue weighted by Gasteiger charge is -2.07. The first-order valence-electron chi connectivity index (χ1n) is 5.60. The van der Waals surface area contributed by atoms with Crippen molar-refractivity contribution in [3.05, 3.63) is 47.8 Å². The number of aryl methyl sites for hydroxylation is 2. The van der Waals surface area contributed by atoms with Gasteiger partial charge in [0.2, 0.25) is 5.95 Å². The molecule has 0 aliphatic heterocycles. The monoisotopic (exact) mass is 278 g/mol. The molecule has 19 heavy (non-hydrogen) atoms. The number of rotatable bonds is 5. The van der Waals surface area contributed by atoms with Gasteiger partial charge in [0, 0.05) is 12.4 Å². The Bertz CT molecular complexity index is 557. The maximum Gasteiger partial charge on any atom is 0.306 e. The molecule has 0 radical (unpaired) electrons. The van der Waals surface area contributed by atoms with Crippen molar-refractivity contribution in [1.82, 2.24) is 14.8 Å². The van der Waals surface area contributed by atoms with Gasteiger partial charge in [0.05, 0.1) is 0 Å². The van der Waals surface area contributed by atoms with Gasteiger partial charge in [-0.15, -0.1) is 4.83 Å². The molecule has 0 aliphatic carbocycles. The van der Waals surface area contributed by atoms with Crippen molar-refractivity contribution in [2.45, 2.75) is 13.8 Å². The van der Waals surface area contributed by atoms with Gasteiger partial charge < -0.3 is 4.18 Å². The Balaban J connectivity index is 1.84. The van der Waals surface area contributed by atoms with Gasteiger partial charge in [-0.25, -0.2) is 9.97 Å². The van der Waals surface area contributed by atoms with Gasteiger partial charge in [-0.2, -0.15) is 4.21 Å². The lowest BCUT2D eigenvalue weighted by molar-refractivity contribution is 0.553. The zero-order valence-corrected chi connectivity index (χ0v) is 11.4. The molecule has 0 spiro atoms. The summed E-state index contributed by atoms with van der Waals surface area (Å²) in [4.78, 5) is 10.4. The third kappa shape index (κ3) is 4.31. The van der Waals surface area contributed by atoms with Gasteiger partial charge in [-0.1, -0.05) is 17.7 Å². The average Bonchev–Trinajstić information content (AvgIpc) is 2.41. The number of hydrogen-bond donors (Lipinski definition) is 2. The van der Waals surface area contributed by atoms with E-state index in [2.05, 4.69) is 20.2 Å². The van der Waals surface area contributed by atoms with E-state index in [9.17, 15) is 4.21 Å². The normalized spacial score (nSPS) is 11.9. The third-order valence-corrected chi connectivity index (χ3v) is 2.83. The Kier molecular flexibility index (Phi) is 4.43. The van der Waals surface area contributed by atoms with Crippen LogP contribution in [0.5, 0.6) is 5.75 Å². The molecule has 0 amide bonds. The summed E-state index contributed by atoms with van der Waals surface area (Å²) in [6.07, 6.45) is 3.31. The molecule has 1 unspecified atom stereocenters. The fourth-order valence-electron chi connectivity index (χ4n) is 1.25. The molecule has 7 heteroatoms. The summed E-state index contributed by atoms with van der Waals surface area (Å²) in [5.41, 5.74) is 4.66. The Labute approximate surface area is 114 Å². The van der Waals surface area contributed by atoms with Crippen molar-refractivity contribution in [3.63, 3.8) is 0 Å². The molecule has 2 aromatic rings. The second-order valence-corrected chi connectivity index (χ2v) is 4.78. The lowest BCUT2D eigenvalue weighted by atomic mass is 10.2. The SMILES string of the molecule is Cc1ccc(OS(=O)NNc2ncc(C)cn2)cc1. The molecule has 0 saturated carbocycles. The molecule has 1 aromatic heterocycles. The second-order valence-electron chi connectivity index (χ2n) is 3.94. The quantitative estimate of drug-likeness (QED) is 0.814. The predicted octanol–water partition coefficient (Wildman–Crippen LogP) is 1.67. The fraction of sp³-hybridized carbons (Fsp3) is 0.167. The standard InChI is InChI=1S/C12H14N4O2S/c1-9-3-5-11(6-4-9)18-19(17)16-15-12-13-7-10(2)8-14-12/h3-8,16H,1-2H3,(H,13,14,15). The highest BCUT2D eigenvalue weighted by molar-refractivity contribution is 7.78. The largest absolute Gasteiger partial charge is 0.388 e. The highest BCUT2D eigenvalue weighted by atomic mass is 32.2. The summed E-state index contributed by atoms with van der Waals surface area (Å²) in [5.74, 6) is 0.842. The second kappa shape index (κ2) is 6.26. The molecular formula is C12H14N4O2S. The van der Waals surface area contributed by atoms with Crippen LogP contribution in [-0.4, -0.2) is 14.2 Å². The minimum Gasteiger partial charge on any atom is -0.388 e. The maximum absolute atomic E-state index is 11.6. The molecule has 1 atom stereocenters. The summed E-state index contributed by atoms with van der Waals surface area (Å²) in [5, 5.41) is 0. The van der Waals surface area contributed by atoms with E-state index in [-0.39, 0.29) is 0 Å². The van der Waals surface area contributed by atoms with Crippen LogP contribution < -0.4 is 14.4 Å². The van der Waals surface area contributed by atoms with Crippen molar-refractivity contribution in [1.29, 1.82) is 0 Å². The summed E-state index contributed by atoms with van der Waals surface area (Å²) >= 11 is -1.72. The van der Waals surface area contributed by atoms with Gasteiger partial charge in [0.1, 0.15) is 5.75 Å². The maximum atomic E-state index is 11.6. The molecular weight excluding hydrogens is 264 g/mol. The topological polar surface area (TPSA) is 76.1 Å². The average molecular weight is 278 g/mol. The Morgan fingerprint density at radius 2 is 1.68 bits per heavy atom. The van der Waals surface area contributed by atoms with Gasteiger partial charge in [-0.3, -0.25) is 5.43 Å². The van der Waals surface area contributed by atoms with Crippen LogP contribution in [0.4, 0.5) is 5.95 Å². The van der Waals surface area contributed by atoms with Crippen molar-refractivity contribution >= 4 is 17.2 Å². The molecule has 1 heterocycles. The first-order valence-corrected chi connectivity index (χ1v) is 6.68. The highest BCUT2D eigenvalue weighted by Gasteiger charge is 2.02. The minimum absolute atomic E-state index is 0.325. The number of nitrogens with one attached hydrogen (secondary N) is 2. The van der Waals surface area contributed by atoms with E-state index in [1.165, 1.54) is 0 Å². The van der Waals surface area contributed by atoms with E-state index in [0.717, 1.165) is 11.1 Å². The Morgan fingerprint density at radius 3 is 2.32 bits per heavy atom.